The van der Waals surface area contributed by atoms with Crippen LogP contribution in [0.5, 0.6) is 0 Å². The highest BCUT2D eigenvalue weighted by molar-refractivity contribution is 7.80. The van der Waals surface area contributed by atoms with Crippen molar-refractivity contribution in [1.82, 2.24) is 14.9 Å². The van der Waals surface area contributed by atoms with Crippen LogP contribution in [0.25, 0.3) is 0 Å². The number of pyridine rings is 1. The number of para-hydroxylation sites is 1. The summed E-state index contributed by atoms with van der Waals surface area (Å²) in [6.45, 7) is 0. The summed E-state index contributed by atoms with van der Waals surface area (Å²) in [6, 6.07) is 19.5. The monoisotopic (exact) mass is 402 g/mol. The number of benzene rings is 1. The van der Waals surface area contributed by atoms with Gasteiger partial charge in [-0.1, -0.05) is 43.5 Å². The van der Waals surface area contributed by atoms with Gasteiger partial charge in [0, 0.05) is 30.3 Å². The third-order valence-electron chi connectivity index (χ3n) is 6.21. The minimum atomic E-state index is 0.0195. The number of aromatic nitrogens is 2. The highest BCUT2D eigenvalue weighted by atomic mass is 32.1. The van der Waals surface area contributed by atoms with Gasteiger partial charge >= 0.3 is 0 Å². The lowest BCUT2D eigenvalue weighted by atomic mass is 9.95. The van der Waals surface area contributed by atoms with Gasteiger partial charge in [-0.05, 0) is 61.0 Å². The van der Waals surface area contributed by atoms with Crippen LogP contribution in [-0.4, -0.2) is 14.7 Å². The number of hydrogen-bond acceptors (Lipinski definition) is 2. The number of anilines is 1. The van der Waals surface area contributed by atoms with Crippen LogP contribution in [0.1, 0.15) is 61.5 Å². The minimum absolute atomic E-state index is 0.0195. The van der Waals surface area contributed by atoms with Crippen LogP contribution in [0.2, 0.25) is 0 Å². The second-order valence-electron chi connectivity index (χ2n) is 8.02. The standard InChI is InChI=1S/C24H26N4S/c29-24-26-22(21-13-7-8-15-25-21)23(28(24)20-11-5-2-6-12-20)18-14-16-27(17-18)19-9-3-1-4-10-19/h2,5-8,11-17,19,22-23H,1,3-4,9-10H2,(H,26,29)/t22-,23-/m1/s1. The van der Waals surface area contributed by atoms with Gasteiger partial charge in [0.1, 0.15) is 0 Å². The summed E-state index contributed by atoms with van der Waals surface area (Å²) in [4.78, 5) is 6.89. The molecule has 0 amide bonds. The maximum absolute atomic E-state index is 5.79. The summed E-state index contributed by atoms with van der Waals surface area (Å²) in [5.41, 5.74) is 3.41. The largest absolute Gasteiger partial charge is 0.351 e. The summed E-state index contributed by atoms with van der Waals surface area (Å²) in [5, 5.41) is 4.29. The van der Waals surface area contributed by atoms with E-state index in [-0.39, 0.29) is 12.1 Å². The number of nitrogens with one attached hydrogen (secondary N) is 1. The number of nitrogens with zero attached hydrogens (tertiary/aromatic N) is 3. The maximum atomic E-state index is 5.79. The molecule has 4 nitrogen and oxygen atoms in total. The van der Waals surface area contributed by atoms with Crippen LogP contribution in [0.4, 0.5) is 5.69 Å². The van der Waals surface area contributed by atoms with E-state index in [1.165, 1.54) is 37.7 Å². The molecule has 2 atom stereocenters. The first kappa shape index (κ1) is 18.4. The summed E-state index contributed by atoms with van der Waals surface area (Å²) in [7, 11) is 0. The van der Waals surface area contributed by atoms with E-state index >= 15 is 0 Å². The number of rotatable bonds is 4. The van der Waals surface area contributed by atoms with Crippen molar-refractivity contribution in [2.75, 3.05) is 4.90 Å². The van der Waals surface area contributed by atoms with Crippen molar-refractivity contribution >= 4 is 23.0 Å². The zero-order valence-corrected chi connectivity index (χ0v) is 17.3. The van der Waals surface area contributed by atoms with Gasteiger partial charge in [-0.25, -0.2) is 0 Å². The molecule has 1 aliphatic heterocycles. The molecule has 5 heteroatoms. The Hall–Kier alpha value is -2.66. The molecule has 3 aromatic rings. The van der Waals surface area contributed by atoms with E-state index in [1.54, 1.807) is 0 Å². The van der Waals surface area contributed by atoms with Crippen LogP contribution in [0.15, 0.2) is 73.2 Å². The molecule has 5 rings (SSSR count). The van der Waals surface area contributed by atoms with Gasteiger partial charge in [0.25, 0.3) is 0 Å². The van der Waals surface area contributed by atoms with Crippen LogP contribution in [0.3, 0.4) is 0 Å². The second kappa shape index (κ2) is 7.99. The average molecular weight is 403 g/mol. The van der Waals surface area contributed by atoms with Crippen molar-refractivity contribution in [1.29, 1.82) is 0 Å². The fourth-order valence-corrected chi connectivity index (χ4v) is 5.12. The van der Waals surface area contributed by atoms with Crippen molar-refractivity contribution in [3.8, 4) is 0 Å². The third kappa shape index (κ3) is 3.55. The topological polar surface area (TPSA) is 33.1 Å². The van der Waals surface area contributed by atoms with E-state index in [4.69, 9.17) is 12.2 Å². The van der Waals surface area contributed by atoms with Crippen LogP contribution in [0, 0.1) is 0 Å². The molecule has 1 saturated carbocycles. The predicted molar refractivity (Wildman–Crippen MR) is 121 cm³/mol. The van der Waals surface area contributed by atoms with Crippen molar-refractivity contribution < 1.29 is 0 Å². The van der Waals surface area contributed by atoms with E-state index in [9.17, 15) is 0 Å². The highest BCUT2D eigenvalue weighted by Crippen LogP contribution is 2.42. The normalized spacial score (nSPS) is 22.6. The molecule has 148 valence electrons. The Morgan fingerprint density at radius 1 is 0.931 bits per heavy atom. The molecule has 29 heavy (non-hydrogen) atoms. The Balaban J connectivity index is 1.54. The summed E-state index contributed by atoms with van der Waals surface area (Å²) >= 11 is 5.79. The average Bonchev–Trinajstić information content (AvgIpc) is 3.40. The Kier molecular flexibility index (Phi) is 5.06. The fourth-order valence-electron chi connectivity index (χ4n) is 4.77. The molecule has 0 spiro atoms. The van der Waals surface area contributed by atoms with Crippen LogP contribution < -0.4 is 10.2 Å². The molecular formula is C24H26N4S. The number of hydrogen-bond donors (Lipinski definition) is 1. The van der Waals surface area contributed by atoms with Gasteiger partial charge in [-0.2, -0.15) is 0 Å². The SMILES string of the molecule is S=C1N[C@H](c2ccccn2)[C@@H](c2ccn(C3CCCCC3)c2)N1c1ccccc1. The smallest absolute Gasteiger partial charge is 0.174 e. The Labute approximate surface area is 177 Å². The molecule has 0 unspecified atom stereocenters. The molecule has 3 heterocycles. The molecule has 1 aromatic carbocycles. The Morgan fingerprint density at radius 2 is 1.72 bits per heavy atom. The van der Waals surface area contributed by atoms with Crippen molar-refractivity contribution in [3.05, 3.63) is 84.4 Å². The van der Waals surface area contributed by atoms with Crippen LogP contribution in [-0.2, 0) is 0 Å². The molecule has 2 aromatic heterocycles. The zero-order chi connectivity index (χ0) is 19.6. The Morgan fingerprint density at radius 3 is 2.48 bits per heavy atom. The van der Waals surface area contributed by atoms with Gasteiger partial charge in [-0.15, -0.1) is 0 Å². The fraction of sp³-hybridized carbons (Fsp3) is 0.333. The molecule has 0 radical (unpaired) electrons. The summed E-state index contributed by atoms with van der Waals surface area (Å²) in [6.07, 6.45) is 13.0. The van der Waals surface area contributed by atoms with Gasteiger partial charge in [0.2, 0.25) is 0 Å². The lowest BCUT2D eigenvalue weighted by Gasteiger charge is -2.27. The zero-order valence-electron chi connectivity index (χ0n) is 16.4. The minimum Gasteiger partial charge on any atom is -0.351 e. The lowest BCUT2D eigenvalue weighted by molar-refractivity contribution is 0.353. The van der Waals surface area contributed by atoms with Gasteiger partial charge < -0.3 is 14.8 Å². The van der Waals surface area contributed by atoms with Crippen LogP contribution >= 0.6 is 12.2 Å². The quantitative estimate of drug-likeness (QED) is 0.579. The molecule has 2 fully saturated rings. The van der Waals surface area contributed by atoms with E-state index in [2.05, 4.69) is 68.6 Å². The van der Waals surface area contributed by atoms with Gasteiger partial charge in [0.15, 0.2) is 5.11 Å². The second-order valence-corrected chi connectivity index (χ2v) is 8.40. The first-order chi connectivity index (χ1) is 14.3. The highest BCUT2D eigenvalue weighted by Gasteiger charge is 2.41. The molecule has 1 aliphatic carbocycles. The first-order valence-corrected chi connectivity index (χ1v) is 11.0. The summed E-state index contributed by atoms with van der Waals surface area (Å²) in [5.74, 6) is 0. The van der Waals surface area contributed by atoms with Crippen molar-refractivity contribution in [2.24, 2.45) is 0 Å². The Bertz CT molecular complexity index is 963. The van der Waals surface area contributed by atoms with E-state index in [0.29, 0.717) is 6.04 Å². The number of thiocarbonyl (C=S) groups is 1. The molecule has 1 N–H and O–H groups in total. The van der Waals surface area contributed by atoms with E-state index in [1.807, 2.05) is 24.4 Å². The van der Waals surface area contributed by atoms with Gasteiger partial charge in [0.05, 0.1) is 17.8 Å². The lowest BCUT2D eigenvalue weighted by Crippen LogP contribution is -2.29. The molecule has 2 aliphatic rings. The van der Waals surface area contributed by atoms with E-state index < -0.39 is 0 Å². The molecule has 1 saturated heterocycles. The third-order valence-corrected chi connectivity index (χ3v) is 6.52. The molecule has 0 bridgehead atoms. The first-order valence-electron chi connectivity index (χ1n) is 10.5. The molecular weight excluding hydrogens is 376 g/mol. The van der Waals surface area contributed by atoms with Crippen molar-refractivity contribution in [2.45, 2.75) is 50.2 Å². The van der Waals surface area contributed by atoms with E-state index in [0.717, 1.165) is 16.5 Å². The van der Waals surface area contributed by atoms with Gasteiger partial charge in [-0.3, -0.25) is 4.98 Å². The summed E-state index contributed by atoms with van der Waals surface area (Å²) < 4.78 is 2.43. The predicted octanol–water partition coefficient (Wildman–Crippen LogP) is 5.57. The van der Waals surface area contributed by atoms with Crippen molar-refractivity contribution in [3.63, 3.8) is 0 Å². The maximum Gasteiger partial charge on any atom is 0.174 e.